The zero-order valence-corrected chi connectivity index (χ0v) is 13.0. The smallest absolute Gasteiger partial charge is 0.242 e. The van der Waals surface area contributed by atoms with E-state index < -0.39 is 0 Å². The quantitative estimate of drug-likeness (QED) is 0.878. The number of halogens is 1. The molecule has 0 bridgehead atoms. The van der Waals surface area contributed by atoms with E-state index in [1.54, 1.807) is 12.3 Å². The molecule has 0 fully saturated rings. The number of nitrogens with one attached hydrogen (secondary N) is 2. The Morgan fingerprint density at radius 3 is 2.85 bits per heavy atom. The van der Waals surface area contributed by atoms with Crippen molar-refractivity contribution < 1.29 is 9.21 Å². The number of carbonyl (C=O) groups is 1. The molecule has 1 amide bonds. The largest absolute Gasteiger partial charge is 0.467 e. The third-order valence-electron chi connectivity index (χ3n) is 2.84. The molecule has 0 aliphatic heterocycles. The molecule has 2 N–H and O–H groups in total. The Morgan fingerprint density at radius 2 is 2.20 bits per heavy atom. The molecular weight excluding hydrogens is 320 g/mol. The molecule has 106 valence electrons. The number of carbonyl (C=O) groups excluding carboxylic acids is 1. The first-order valence-corrected chi connectivity index (χ1v) is 7.18. The molecule has 1 unspecified atom stereocenters. The number of rotatable bonds is 5. The normalized spacial score (nSPS) is 11.9. The molecule has 0 aliphatic rings. The molecule has 5 heteroatoms. The lowest BCUT2D eigenvalue weighted by molar-refractivity contribution is -0.121. The second-order valence-corrected chi connectivity index (χ2v) is 5.60. The molecule has 0 aliphatic carbocycles. The summed E-state index contributed by atoms with van der Waals surface area (Å²) in [5, 5.41) is 6.01. The van der Waals surface area contributed by atoms with Crippen LogP contribution in [0.2, 0.25) is 0 Å². The lowest BCUT2D eigenvalue weighted by atomic mass is 10.2. The third-order valence-corrected chi connectivity index (χ3v) is 3.29. The number of aryl methyl sites for hydroxylation is 1. The highest BCUT2D eigenvalue weighted by Gasteiger charge is 2.13. The molecule has 20 heavy (non-hydrogen) atoms. The van der Waals surface area contributed by atoms with Crippen LogP contribution in [0, 0.1) is 6.92 Å². The van der Waals surface area contributed by atoms with Gasteiger partial charge < -0.3 is 15.1 Å². The summed E-state index contributed by atoms with van der Waals surface area (Å²) in [6.45, 7) is 4.24. The van der Waals surface area contributed by atoms with E-state index in [1.165, 1.54) is 0 Å². The van der Waals surface area contributed by atoms with Crippen molar-refractivity contribution in [2.45, 2.75) is 26.4 Å². The summed E-state index contributed by atoms with van der Waals surface area (Å²) in [7, 11) is 0. The van der Waals surface area contributed by atoms with Gasteiger partial charge in [0.05, 0.1) is 12.8 Å². The van der Waals surface area contributed by atoms with Gasteiger partial charge in [0.15, 0.2) is 0 Å². The van der Waals surface area contributed by atoms with E-state index in [1.807, 2.05) is 38.1 Å². The van der Waals surface area contributed by atoms with Gasteiger partial charge in [-0.1, -0.05) is 15.9 Å². The van der Waals surface area contributed by atoms with Crippen molar-refractivity contribution in [1.29, 1.82) is 0 Å². The van der Waals surface area contributed by atoms with Gasteiger partial charge in [0.25, 0.3) is 0 Å². The van der Waals surface area contributed by atoms with Crippen molar-refractivity contribution in [3.63, 3.8) is 0 Å². The van der Waals surface area contributed by atoms with Crippen LogP contribution in [0.15, 0.2) is 45.5 Å². The summed E-state index contributed by atoms with van der Waals surface area (Å²) in [6.07, 6.45) is 1.59. The maximum atomic E-state index is 12.0. The van der Waals surface area contributed by atoms with E-state index in [0.717, 1.165) is 21.5 Å². The van der Waals surface area contributed by atoms with Crippen LogP contribution in [0.25, 0.3) is 0 Å². The molecule has 2 aromatic rings. The third kappa shape index (κ3) is 4.13. The fourth-order valence-electron chi connectivity index (χ4n) is 1.88. The van der Waals surface area contributed by atoms with Gasteiger partial charge >= 0.3 is 0 Å². The number of furan rings is 1. The minimum Gasteiger partial charge on any atom is -0.467 e. The molecule has 1 aromatic heterocycles. The first kappa shape index (κ1) is 14.7. The number of anilines is 1. The van der Waals surface area contributed by atoms with Crippen LogP contribution in [0.1, 0.15) is 18.2 Å². The number of hydrogen-bond donors (Lipinski definition) is 2. The summed E-state index contributed by atoms with van der Waals surface area (Å²) < 4.78 is 6.16. The van der Waals surface area contributed by atoms with E-state index >= 15 is 0 Å². The predicted octanol–water partition coefficient (Wildman–Crippen LogP) is 3.47. The Morgan fingerprint density at radius 1 is 1.40 bits per heavy atom. The molecule has 2 rings (SSSR count). The minimum absolute atomic E-state index is 0.0703. The van der Waals surface area contributed by atoms with Gasteiger partial charge in [0.1, 0.15) is 11.8 Å². The predicted molar refractivity (Wildman–Crippen MR) is 82.5 cm³/mol. The number of hydrogen-bond acceptors (Lipinski definition) is 3. The van der Waals surface area contributed by atoms with Gasteiger partial charge in [0.2, 0.25) is 5.91 Å². The van der Waals surface area contributed by atoms with Crippen LogP contribution in [0.4, 0.5) is 5.69 Å². The van der Waals surface area contributed by atoms with Crippen LogP contribution in [-0.4, -0.2) is 11.9 Å². The Labute approximate surface area is 126 Å². The second kappa shape index (κ2) is 6.61. The van der Waals surface area contributed by atoms with E-state index in [2.05, 4.69) is 26.6 Å². The van der Waals surface area contributed by atoms with Crippen molar-refractivity contribution in [2.24, 2.45) is 0 Å². The van der Waals surface area contributed by atoms with Crippen molar-refractivity contribution in [2.75, 3.05) is 5.32 Å². The summed E-state index contributed by atoms with van der Waals surface area (Å²) >= 11 is 3.44. The zero-order chi connectivity index (χ0) is 14.5. The zero-order valence-electron chi connectivity index (χ0n) is 11.4. The maximum absolute atomic E-state index is 12.0. The highest BCUT2D eigenvalue weighted by atomic mass is 79.9. The lowest BCUT2D eigenvalue weighted by Crippen LogP contribution is -2.37. The monoisotopic (exact) mass is 336 g/mol. The molecule has 0 spiro atoms. The van der Waals surface area contributed by atoms with Crippen molar-refractivity contribution >= 4 is 27.5 Å². The van der Waals surface area contributed by atoms with Gasteiger partial charge in [-0.2, -0.15) is 0 Å². The summed E-state index contributed by atoms with van der Waals surface area (Å²) in [6, 6.07) is 9.28. The van der Waals surface area contributed by atoms with Crippen LogP contribution >= 0.6 is 15.9 Å². The topological polar surface area (TPSA) is 54.3 Å². The molecule has 0 radical (unpaired) electrons. The van der Waals surface area contributed by atoms with Gasteiger partial charge in [-0.25, -0.2) is 0 Å². The molecule has 0 saturated carbocycles. The summed E-state index contributed by atoms with van der Waals surface area (Å²) in [4.78, 5) is 12.0. The van der Waals surface area contributed by atoms with Crippen LogP contribution in [-0.2, 0) is 11.3 Å². The van der Waals surface area contributed by atoms with Gasteiger partial charge in [-0.15, -0.1) is 0 Å². The Bertz CT molecular complexity index is 561. The first-order valence-electron chi connectivity index (χ1n) is 6.38. The van der Waals surface area contributed by atoms with Crippen LogP contribution in [0.3, 0.4) is 0 Å². The van der Waals surface area contributed by atoms with Crippen molar-refractivity contribution in [1.82, 2.24) is 5.32 Å². The molecule has 1 aromatic carbocycles. The Balaban J connectivity index is 1.90. The second-order valence-electron chi connectivity index (χ2n) is 4.68. The lowest BCUT2D eigenvalue weighted by Gasteiger charge is -2.15. The van der Waals surface area contributed by atoms with E-state index in [9.17, 15) is 4.79 Å². The van der Waals surface area contributed by atoms with E-state index in [-0.39, 0.29) is 11.9 Å². The van der Waals surface area contributed by atoms with Crippen molar-refractivity contribution in [3.05, 3.63) is 52.4 Å². The maximum Gasteiger partial charge on any atom is 0.242 e. The SMILES string of the molecule is Cc1cc(Br)cc(NC(C)C(=O)NCc2ccco2)c1. The fraction of sp³-hybridized carbons (Fsp3) is 0.267. The number of benzene rings is 1. The van der Waals surface area contributed by atoms with Crippen LogP contribution < -0.4 is 10.6 Å². The van der Waals surface area contributed by atoms with Gasteiger partial charge in [0, 0.05) is 10.2 Å². The minimum atomic E-state index is -0.321. The molecule has 0 saturated heterocycles. The average molecular weight is 337 g/mol. The molecule has 1 atom stereocenters. The Hall–Kier alpha value is -1.75. The van der Waals surface area contributed by atoms with E-state index in [0.29, 0.717) is 6.54 Å². The standard InChI is InChI=1S/C15H17BrN2O2/c1-10-6-12(16)8-13(7-10)18-11(2)15(19)17-9-14-4-3-5-20-14/h3-8,11,18H,9H2,1-2H3,(H,17,19). The Kier molecular flexibility index (Phi) is 4.84. The molecule has 1 heterocycles. The average Bonchev–Trinajstić information content (AvgIpc) is 2.87. The molecular formula is C15H17BrN2O2. The summed E-state index contributed by atoms with van der Waals surface area (Å²) in [5.41, 5.74) is 2.04. The fourth-order valence-corrected chi connectivity index (χ4v) is 2.48. The number of amides is 1. The highest BCUT2D eigenvalue weighted by molar-refractivity contribution is 9.10. The summed E-state index contributed by atoms with van der Waals surface area (Å²) in [5.74, 6) is 0.669. The molecule has 4 nitrogen and oxygen atoms in total. The van der Waals surface area contributed by atoms with Crippen LogP contribution in [0.5, 0.6) is 0 Å². The van der Waals surface area contributed by atoms with E-state index in [4.69, 9.17) is 4.42 Å². The van der Waals surface area contributed by atoms with Crippen molar-refractivity contribution in [3.8, 4) is 0 Å². The highest BCUT2D eigenvalue weighted by Crippen LogP contribution is 2.19. The first-order chi connectivity index (χ1) is 9.54. The van der Waals surface area contributed by atoms with Gasteiger partial charge in [-0.3, -0.25) is 4.79 Å². The van der Waals surface area contributed by atoms with Gasteiger partial charge in [-0.05, 0) is 49.7 Å².